The molecular weight excluding hydrogens is 465 g/mol. The van der Waals surface area contributed by atoms with Gasteiger partial charge in [0.05, 0.1) is 5.69 Å². The molecule has 0 heterocycles. The van der Waals surface area contributed by atoms with Crippen LogP contribution in [0.4, 0.5) is 5.69 Å². The van der Waals surface area contributed by atoms with E-state index in [4.69, 9.17) is 0 Å². The van der Waals surface area contributed by atoms with Crippen LogP contribution in [0.3, 0.4) is 0 Å². The fourth-order valence-electron chi connectivity index (χ4n) is 2.48. The molecule has 23 heavy (non-hydrogen) atoms. The van der Waals surface area contributed by atoms with E-state index in [0.717, 1.165) is 19.3 Å². The third kappa shape index (κ3) is 4.44. The quantitative estimate of drug-likeness (QED) is 0.392. The van der Waals surface area contributed by atoms with E-state index in [1.807, 2.05) is 48.2 Å². The number of benzene rings is 2. The van der Waals surface area contributed by atoms with Gasteiger partial charge in [-0.3, -0.25) is 4.79 Å². The van der Waals surface area contributed by atoms with Crippen molar-refractivity contribution in [2.24, 2.45) is 0 Å². The van der Waals surface area contributed by atoms with Crippen LogP contribution in [0, 0.1) is 17.4 Å². The summed E-state index contributed by atoms with van der Waals surface area (Å²) in [6, 6.07) is 11.7. The number of nitrogens with zero attached hydrogens (tertiary/aromatic N) is 1. The molecule has 0 aliphatic heterocycles. The first-order valence-corrected chi connectivity index (χ1v) is 9.26. The zero-order valence-electron chi connectivity index (χ0n) is 13.4. The van der Waals surface area contributed by atoms with Gasteiger partial charge in [0.25, 0.3) is 5.91 Å². The van der Waals surface area contributed by atoms with E-state index < -0.39 is 0 Å². The highest BCUT2D eigenvalue weighted by Crippen LogP contribution is 2.29. The van der Waals surface area contributed by atoms with Gasteiger partial charge in [0.1, 0.15) is 0 Å². The third-order valence-electron chi connectivity index (χ3n) is 3.53. The average Bonchev–Trinajstić information content (AvgIpc) is 2.49. The Kier molecular flexibility index (Phi) is 6.41. The van der Waals surface area contributed by atoms with Crippen LogP contribution < -0.4 is 4.90 Å². The molecule has 0 bridgehead atoms. The summed E-state index contributed by atoms with van der Waals surface area (Å²) in [5.74, 6) is 0.0143. The van der Waals surface area contributed by atoms with Crippen LogP contribution in [0.1, 0.15) is 28.4 Å². The predicted octanol–water partition coefficient (Wildman–Crippen LogP) is 5.89. The Bertz CT molecular complexity index is 715. The Labute approximate surface area is 159 Å². The van der Waals surface area contributed by atoms with Gasteiger partial charge in [0, 0.05) is 20.2 Å². The Morgan fingerprint density at radius 1 is 1.22 bits per heavy atom. The summed E-state index contributed by atoms with van der Waals surface area (Å²) in [6.45, 7) is 6.66. The monoisotopic (exact) mass is 483 g/mol. The van der Waals surface area contributed by atoms with Crippen molar-refractivity contribution in [3.8, 4) is 0 Å². The van der Waals surface area contributed by atoms with E-state index in [1.54, 1.807) is 0 Å². The fourth-order valence-corrected chi connectivity index (χ4v) is 3.96. The number of allylic oxidation sites excluding steroid dienone is 1. The van der Waals surface area contributed by atoms with Crippen molar-refractivity contribution in [1.29, 1.82) is 0 Å². The molecule has 2 nitrogen and oxygen atoms in total. The summed E-state index contributed by atoms with van der Waals surface area (Å²) in [6.07, 6.45) is 3.98. The maximum Gasteiger partial charge on any atom is 0.258 e. The van der Waals surface area contributed by atoms with Crippen LogP contribution in [-0.2, 0) is 0 Å². The second-order valence-electron chi connectivity index (χ2n) is 5.40. The van der Waals surface area contributed by atoms with Gasteiger partial charge in [-0.1, -0.05) is 34.1 Å². The Morgan fingerprint density at radius 2 is 1.87 bits per heavy atom. The van der Waals surface area contributed by atoms with Crippen LogP contribution in [0.15, 0.2) is 53.0 Å². The number of hydrogen-bond acceptors (Lipinski definition) is 1. The van der Waals surface area contributed by atoms with Crippen molar-refractivity contribution >= 4 is 50.1 Å². The first-order valence-electron chi connectivity index (χ1n) is 7.39. The van der Waals surface area contributed by atoms with Crippen LogP contribution in [0.2, 0.25) is 0 Å². The molecule has 2 aromatic rings. The highest BCUT2D eigenvalue weighted by atomic mass is 127. The summed E-state index contributed by atoms with van der Waals surface area (Å²) >= 11 is 5.72. The lowest BCUT2D eigenvalue weighted by Gasteiger charge is -2.25. The van der Waals surface area contributed by atoms with E-state index in [-0.39, 0.29) is 5.91 Å². The van der Waals surface area contributed by atoms with E-state index >= 15 is 0 Å². The Hall–Kier alpha value is -1.14. The third-order valence-corrected chi connectivity index (χ3v) is 4.88. The van der Waals surface area contributed by atoms with Gasteiger partial charge in [-0.15, -0.1) is 0 Å². The minimum absolute atomic E-state index is 0.0143. The molecule has 0 radical (unpaired) electrons. The number of rotatable bonds is 4. The summed E-state index contributed by atoms with van der Waals surface area (Å²) in [4.78, 5) is 14.9. The molecule has 1 amide bonds. The number of hydrogen-bond donors (Lipinski definition) is 0. The minimum Gasteiger partial charge on any atom is -0.303 e. The summed E-state index contributed by atoms with van der Waals surface area (Å²) < 4.78 is 2.06. The molecule has 0 fully saturated rings. The molecule has 0 saturated heterocycles. The summed E-state index contributed by atoms with van der Waals surface area (Å²) in [5, 5.41) is 0. The Morgan fingerprint density at radius 3 is 2.43 bits per heavy atom. The van der Waals surface area contributed by atoms with Gasteiger partial charge in [-0.05, 0) is 84.8 Å². The number of carbonyl (C=O) groups is 1. The number of carbonyl (C=O) groups excluding carboxylic acids is 1. The molecule has 0 aromatic heterocycles. The zero-order valence-corrected chi connectivity index (χ0v) is 17.2. The van der Waals surface area contributed by atoms with Crippen molar-refractivity contribution in [3.05, 3.63) is 73.3 Å². The summed E-state index contributed by atoms with van der Waals surface area (Å²) in [5.41, 5.74) is 4.00. The van der Waals surface area contributed by atoms with Crippen molar-refractivity contribution in [2.45, 2.75) is 20.8 Å². The van der Waals surface area contributed by atoms with E-state index in [0.29, 0.717) is 12.1 Å². The molecule has 0 atom stereocenters. The molecular formula is C19H19BrINO. The van der Waals surface area contributed by atoms with Crippen LogP contribution in [0.5, 0.6) is 0 Å². The van der Waals surface area contributed by atoms with Crippen molar-refractivity contribution < 1.29 is 4.79 Å². The van der Waals surface area contributed by atoms with Crippen LogP contribution in [-0.4, -0.2) is 12.5 Å². The molecule has 2 aromatic carbocycles. The summed E-state index contributed by atoms with van der Waals surface area (Å²) in [7, 11) is 0. The number of anilines is 1. The molecule has 0 saturated carbocycles. The molecule has 4 heteroatoms. The number of aryl methyl sites for hydroxylation is 2. The molecule has 120 valence electrons. The molecule has 0 aliphatic rings. The maximum absolute atomic E-state index is 13.0. The molecule has 0 unspecified atom stereocenters. The number of halogens is 2. The van der Waals surface area contributed by atoms with Crippen molar-refractivity contribution in [3.63, 3.8) is 0 Å². The standard InChI is InChI=1S/C19H19BrINO/c1-4-5-10-22(18-14(3)11-13(2)12-17(18)21)19(23)15-6-8-16(20)9-7-15/h4-9,11-12H,10H2,1-3H3/b5-4+. The fraction of sp³-hybridized carbons (Fsp3) is 0.211. The van der Waals surface area contributed by atoms with Gasteiger partial charge in [-0.2, -0.15) is 0 Å². The maximum atomic E-state index is 13.0. The highest BCUT2D eigenvalue weighted by Gasteiger charge is 2.20. The normalized spacial score (nSPS) is 11.0. The lowest BCUT2D eigenvalue weighted by atomic mass is 10.1. The smallest absolute Gasteiger partial charge is 0.258 e. The van der Waals surface area contributed by atoms with Gasteiger partial charge < -0.3 is 4.90 Å². The lowest BCUT2D eigenvalue weighted by molar-refractivity contribution is 0.0989. The average molecular weight is 484 g/mol. The first-order chi connectivity index (χ1) is 10.9. The van der Waals surface area contributed by atoms with Crippen molar-refractivity contribution in [2.75, 3.05) is 11.4 Å². The topological polar surface area (TPSA) is 20.3 Å². The van der Waals surface area contributed by atoms with Gasteiger partial charge in [0.15, 0.2) is 0 Å². The van der Waals surface area contributed by atoms with E-state index in [1.165, 1.54) is 5.56 Å². The van der Waals surface area contributed by atoms with Crippen LogP contribution in [0.25, 0.3) is 0 Å². The predicted molar refractivity (Wildman–Crippen MR) is 109 cm³/mol. The SMILES string of the molecule is C/C=C/CN(C(=O)c1ccc(Br)cc1)c1c(C)cc(C)cc1I. The molecule has 0 aliphatic carbocycles. The van der Waals surface area contributed by atoms with Gasteiger partial charge in [-0.25, -0.2) is 0 Å². The van der Waals surface area contributed by atoms with Crippen LogP contribution >= 0.6 is 38.5 Å². The largest absolute Gasteiger partial charge is 0.303 e. The number of amides is 1. The van der Waals surface area contributed by atoms with E-state index in [2.05, 4.69) is 64.5 Å². The second kappa shape index (κ2) is 8.11. The molecule has 0 N–H and O–H groups in total. The minimum atomic E-state index is 0.0143. The van der Waals surface area contributed by atoms with Gasteiger partial charge >= 0.3 is 0 Å². The molecule has 2 rings (SSSR count). The lowest BCUT2D eigenvalue weighted by Crippen LogP contribution is -2.32. The molecule has 0 spiro atoms. The zero-order chi connectivity index (χ0) is 17.0. The van der Waals surface area contributed by atoms with Gasteiger partial charge in [0.2, 0.25) is 0 Å². The van der Waals surface area contributed by atoms with E-state index in [9.17, 15) is 4.79 Å². The first kappa shape index (κ1) is 18.2. The highest BCUT2D eigenvalue weighted by molar-refractivity contribution is 14.1. The Balaban J connectivity index is 2.49. The van der Waals surface area contributed by atoms with Crippen molar-refractivity contribution in [1.82, 2.24) is 0 Å². The second-order valence-corrected chi connectivity index (χ2v) is 7.48.